The van der Waals surface area contributed by atoms with Gasteiger partial charge in [-0.2, -0.15) is 0 Å². The van der Waals surface area contributed by atoms with E-state index < -0.39 is 9.84 Å². The summed E-state index contributed by atoms with van der Waals surface area (Å²) in [5.74, 6) is 0.135. The molecule has 90 valence electrons. The van der Waals surface area contributed by atoms with Gasteiger partial charge in [0, 0.05) is 29.2 Å². The van der Waals surface area contributed by atoms with Crippen molar-refractivity contribution < 1.29 is 8.42 Å². The second-order valence-corrected chi connectivity index (χ2v) is 6.89. The summed E-state index contributed by atoms with van der Waals surface area (Å²) in [7, 11) is -1.20. The summed E-state index contributed by atoms with van der Waals surface area (Å²) in [5, 5.41) is 3.00. The van der Waals surface area contributed by atoms with Gasteiger partial charge in [-0.3, -0.25) is 4.98 Å². The Morgan fingerprint density at radius 2 is 2.19 bits per heavy atom. The number of aromatic nitrogens is 1. The van der Waals surface area contributed by atoms with E-state index in [0.29, 0.717) is 6.42 Å². The van der Waals surface area contributed by atoms with Crippen LogP contribution in [0.25, 0.3) is 0 Å². The lowest BCUT2D eigenvalue weighted by Crippen LogP contribution is -2.34. The number of hydrogen-bond donors (Lipinski definition) is 1. The van der Waals surface area contributed by atoms with Crippen LogP contribution in [-0.2, 0) is 16.3 Å². The summed E-state index contributed by atoms with van der Waals surface area (Å²) >= 11 is 3.33. The topological polar surface area (TPSA) is 59.1 Å². The molecule has 1 heterocycles. The van der Waals surface area contributed by atoms with Gasteiger partial charge in [-0.05, 0) is 41.0 Å². The van der Waals surface area contributed by atoms with Gasteiger partial charge in [-0.15, -0.1) is 0 Å². The summed E-state index contributed by atoms with van der Waals surface area (Å²) in [6, 6.07) is 1.87. The molecule has 0 saturated heterocycles. The smallest absolute Gasteiger partial charge is 0.148 e. The highest BCUT2D eigenvalue weighted by Crippen LogP contribution is 2.11. The Kier molecular flexibility index (Phi) is 4.89. The van der Waals surface area contributed by atoms with Crippen LogP contribution in [0, 0.1) is 0 Å². The van der Waals surface area contributed by atoms with Crippen molar-refractivity contribution in [2.24, 2.45) is 0 Å². The van der Waals surface area contributed by atoms with Gasteiger partial charge in [-0.1, -0.05) is 0 Å². The number of sulfone groups is 1. The number of likely N-dealkylation sites (N-methyl/N-ethyl adjacent to an activating group) is 1. The first-order valence-electron chi connectivity index (χ1n) is 4.85. The van der Waals surface area contributed by atoms with Gasteiger partial charge in [0.25, 0.3) is 0 Å². The van der Waals surface area contributed by atoms with Gasteiger partial charge < -0.3 is 5.32 Å². The maximum absolute atomic E-state index is 11.2. The summed E-state index contributed by atoms with van der Waals surface area (Å²) < 4.78 is 23.3. The Labute approximate surface area is 105 Å². The number of hydrogen-bond acceptors (Lipinski definition) is 4. The van der Waals surface area contributed by atoms with E-state index in [4.69, 9.17) is 0 Å². The highest BCUT2D eigenvalue weighted by molar-refractivity contribution is 9.10. The summed E-state index contributed by atoms with van der Waals surface area (Å²) in [5.41, 5.74) is 1.01. The van der Waals surface area contributed by atoms with Crippen molar-refractivity contribution in [3.63, 3.8) is 0 Å². The predicted octanol–water partition coefficient (Wildman–Crippen LogP) is 1.02. The van der Waals surface area contributed by atoms with Crippen LogP contribution in [0.3, 0.4) is 0 Å². The summed E-state index contributed by atoms with van der Waals surface area (Å²) in [6.45, 7) is 0. The highest BCUT2D eigenvalue weighted by Gasteiger charge is 2.14. The Bertz CT molecular complexity index is 448. The van der Waals surface area contributed by atoms with Crippen LogP contribution in [0.5, 0.6) is 0 Å². The third-order valence-electron chi connectivity index (χ3n) is 2.16. The standard InChI is InChI=1S/C10H15BrN2O2S/c1-12-10(7-16(2,14)15)4-8-3-9(11)6-13-5-8/h3,5-6,10,12H,4,7H2,1-2H3. The number of halogens is 1. The van der Waals surface area contributed by atoms with Crippen molar-refractivity contribution in [2.75, 3.05) is 19.1 Å². The van der Waals surface area contributed by atoms with Gasteiger partial charge in [-0.25, -0.2) is 8.42 Å². The molecule has 16 heavy (non-hydrogen) atoms. The molecule has 1 rings (SSSR count). The fraction of sp³-hybridized carbons (Fsp3) is 0.500. The zero-order valence-electron chi connectivity index (χ0n) is 9.27. The van der Waals surface area contributed by atoms with Gasteiger partial charge >= 0.3 is 0 Å². The molecule has 1 unspecified atom stereocenters. The molecule has 1 aromatic rings. The maximum atomic E-state index is 11.2. The molecule has 0 radical (unpaired) electrons. The fourth-order valence-electron chi connectivity index (χ4n) is 1.46. The predicted molar refractivity (Wildman–Crippen MR) is 68.2 cm³/mol. The van der Waals surface area contributed by atoms with E-state index in [-0.39, 0.29) is 11.8 Å². The lowest BCUT2D eigenvalue weighted by Gasteiger charge is -2.14. The van der Waals surface area contributed by atoms with Crippen LogP contribution in [0.1, 0.15) is 5.56 Å². The van der Waals surface area contributed by atoms with Crippen molar-refractivity contribution in [1.82, 2.24) is 10.3 Å². The molecule has 0 aliphatic carbocycles. The van der Waals surface area contributed by atoms with E-state index in [0.717, 1.165) is 10.0 Å². The van der Waals surface area contributed by atoms with Crippen LogP contribution in [0.4, 0.5) is 0 Å². The lowest BCUT2D eigenvalue weighted by molar-refractivity contribution is 0.566. The number of nitrogens with zero attached hydrogens (tertiary/aromatic N) is 1. The maximum Gasteiger partial charge on any atom is 0.148 e. The van der Waals surface area contributed by atoms with Gasteiger partial charge in [0.15, 0.2) is 0 Å². The Hall–Kier alpha value is -0.460. The molecule has 0 spiro atoms. The minimum absolute atomic E-state index is 0.0777. The monoisotopic (exact) mass is 306 g/mol. The zero-order valence-corrected chi connectivity index (χ0v) is 11.7. The van der Waals surface area contributed by atoms with E-state index in [2.05, 4.69) is 26.2 Å². The van der Waals surface area contributed by atoms with E-state index in [1.54, 1.807) is 19.4 Å². The molecule has 1 N–H and O–H groups in total. The molecule has 1 aromatic heterocycles. The SMILES string of the molecule is CNC(Cc1cncc(Br)c1)CS(C)(=O)=O. The van der Waals surface area contributed by atoms with Crippen molar-refractivity contribution in [1.29, 1.82) is 0 Å². The van der Waals surface area contributed by atoms with Gasteiger partial charge in [0.1, 0.15) is 9.84 Å². The molecule has 0 aromatic carbocycles. The van der Waals surface area contributed by atoms with Crippen LogP contribution in [0.15, 0.2) is 22.9 Å². The second kappa shape index (κ2) is 5.75. The van der Waals surface area contributed by atoms with Crippen molar-refractivity contribution in [3.05, 3.63) is 28.5 Å². The molecular weight excluding hydrogens is 292 g/mol. The van der Waals surface area contributed by atoms with Crippen LogP contribution in [0.2, 0.25) is 0 Å². The minimum atomic E-state index is -2.96. The van der Waals surface area contributed by atoms with Crippen molar-refractivity contribution >= 4 is 25.8 Å². The van der Waals surface area contributed by atoms with E-state index in [1.165, 1.54) is 6.26 Å². The van der Waals surface area contributed by atoms with Gasteiger partial charge in [0.05, 0.1) is 5.75 Å². The number of rotatable bonds is 5. The first-order chi connectivity index (χ1) is 7.40. The molecule has 0 fully saturated rings. The molecule has 0 saturated carbocycles. The Balaban J connectivity index is 2.70. The normalized spacial score (nSPS) is 13.7. The van der Waals surface area contributed by atoms with Gasteiger partial charge in [0.2, 0.25) is 0 Å². The average Bonchev–Trinajstić information content (AvgIpc) is 2.14. The lowest BCUT2D eigenvalue weighted by atomic mass is 10.1. The fourth-order valence-corrected chi connectivity index (χ4v) is 2.89. The molecule has 0 aliphatic rings. The largest absolute Gasteiger partial charge is 0.316 e. The van der Waals surface area contributed by atoms with Crippen molar-refractivity contribution in [2.45, 2.75) is 12.5 Å². The molecular formula is C10H15BrN2O2S. The summed E-state index contributed by atoms with van der Waals surface area (Å²) in [4.78, 5) is 4.04. The average molecular weight is 307 g/mol. The summed E-state index contributed by atoms with van der Waals surface area (Å²) in [6.07, 6.45) is 5.35. The number of nitrogens with one attached hydrogen (secondary N) is 1. The van der Waals surface area contributed by atoms with E-state index in [9.17, 15) is 8.42 Å². The first-order valence-corrected chi connectivity index (χ1v) is 7.70. The molecule has 0 amide bonds. The van der Waals surface area contributed by atoms with Crippen LogP contribution < -0.4 is 5.32 Å². The quantitative estimate of drug-likeness (QED) is 0.882. The Morgan fingerprint density at radius 1 is 1.50 bits per heavy atom. The van der Waals surface area contributed by atoms with Crippen LogP contribution >= 0.6 is 15.9 Å². The highest BCUT2D eigenvalue weighted by atomic mass is 79.9. The van der Waals surface area contributed by atoms with E-state index in [1.807, 2.05) is 6.07 Å². The molecule has 4 nitrogen and oxygen atoms in total. The molecule has 1 atom stereocenters. The third-order valence-corrected chi connectivity index (χ3v) is 3.60. The van der Waals surface area contributed by atoms with E-state index >= 15 is 0 Å². The molecule has 6 heteroatoms. The second-order valence-electron chi connectivity index (χ2n) is 3.79. The Morgan fingerprint density at radius 3 is 2.69 bits per heavy atom. The minimum Gasteiger partial charge on any atom is -0.316 e. The third kappa shape index (κ3) is 5.05. The molecule has 0 aliphatic heterocycles. The van der Waals surface area contributed by atoms with Crippen LogP contribution in [-0.4, -0.2) is 38.5 Å². The van der Waals surface area contributed by atoms with Crippen molar-refractivity contribution in [3.8, 4) is 0 Å². The molecule has 0 bridgehead atoms. The zero-order chi connectivity index (χ0) is 12.2. The first kappa shape index (κ1) is 13.6. The number of pyridine rings is 1.